The lowest BCUT2D eigenvalue weighted by atomic mass is 9.91. The fourth-order valence-corrected chi connectivity index (χ4v) is 2.97. The molecule has 1 aliphatic carbocycles. The molecule has 2 atom stereocenters. The van der Waals surface area contributed by atoms with Gasteiger partial charge in [-0.05, 0) is 53.6 Å². The molecule has 1 nitrogen and oxygen atoms in total. The van der Waals surface area contributed by atoms with E-state index in [9.17, 15) is 0 Å². The van der Waals surface area contributed by atoms with Crippen molar-refractivity contribution in [1.29, 1.82) is 0 Å². The average Bonchev–Trinajstić information content (AvgIpc) is 2.74. The fourth-order valence-electron chi connectivity index (χ4n) is 2.24. The van der Waals surface area contributed by atoms with Gasteiger partial charge >= 0.3 is 0 Å². The number of hydrogen-bond donors (Lipinski definition) is 1. The van der Waals surface area contributed by atoms with Crippen LogP contribution < -0.4 is 5.73 Å². The average molecular weight is 181 g/mol. The molecule has 1 fully saturated rings. The summed E-state index contributed by atoms with van der Waals surface area (Å²) in [5, 5.41) is 4.44. The highest BCUT2D eigenvalue weighted by Crippen LogP contribution is 2.39. The SMILES string of the molecule is NCC1CCCC1c1ccsc1. The summed E-state index contributed by atoms with van der Waals surface area (Å²) in [5.74, 6) is 1.51. The van der Waals surface area contributed by atoms with Crippen molar-refractivity contribution in [1.82, 2.24) is 0 Å². The number of nitrogens with two attached hydrogens (primary N) is 1. The molecular formula is C10H15NS. The maximum atomic E-state index is 5.73. The summed E-state index contributed by atoms with van der Waals surface area (Å²) in [7, 11) is 0. The molecule has 1 aromatic heterocycles. The summed E-state index contributed by atoms with van der Waals surface area (Å²) in [4.78, 5) is 0. The van der Waals surface area contributed by atoms with Crippen LogP contribution in [0.15, 0.2) is 16.8 Å². The highest BCUT2D eigenvalue weighted by molar-refractivity contribution is 7.07. The molecular weight excluding hydrogens is 166 g/mol. The summed E-state index contributed by atoms with van der Waals surface area (Å²) in [6.07, 6.45) is 4.04. The van der Waals surface area contributed by atoms with Gasteiger partial charge in [0.2, 0.25) is 0 Å². The van der Waals surface area contributed by atoms with Gasteiger partial charge in [0, 0.05) is 0 Å². The second-order valence-electron chi connectivity index (χ2n) is 3.59. The van der Waals surface area contributed by atoms with E-state index >= 15 is 0 Å². The molecule has 0 radical (unpaired) electrons. The lowest BCUT2D eigenvalue weighted by Crippen LogP contribution is -2.16. The van der Waals surface area contributed by atoms with Crippen LogP contribution in [-0.2, 0) is 0 Å². The first-order valence-corrected chi connectivity index (χ1v) is 5.58. The third-order valence-corrected chi connectivity index (χ3v) is 3.63. The third-order valence-electron chi connectivity index (χ3n) is 2.93. The number of rotatable bonds is 2. The van der Waals surface area contributed by atoms with Crippen molar-refractivity contribution >= 4 is 11.3 Å². The zero-order valence-electron chi connectivity index (χ0n) is 7.20. The predicted molar refractivity (Wildman–Crippen MR) is 53.5 cm³/mol. The van der Waals surface area contributed by atoms with Crippen LogP contribution in [0.5, 0.6) is 0 Å². The molecule has 0 amide bonds. The zero-order valence-corrected chi connectivity index (χ0v) is 8.02. The molecule has 1 aliphatic rings. The minimum absolute atomic E-state index is 0.750. The lowest BCUT2D eigenvalue weighted by Gasteiger charge is -2.15. The van der Waals surface area contributed by atoms with Gasteiger partial charge in [0.25, 0.3) is 0 Å². The van der Waals surface area contributed by atoms with Crippen molar-refractivity contribution < 1.29 is 0 Å². The van der Waals surface area contributed by atoms with E-state index in [0.717, 1.165) is 18.4 Å². The van der Waals surface area contributed by atoms with Gasteiger partial charge in [0.05, 0.1) is 0 Å². The molecule has 0 aliphatic heterocycles. The summed E-state index contributed by atoms with van der Waals surface area (Å²) in [6, 6.07) is 2.25. The molecule has 2 N–H and O–H groups in total. The van der Waals surface area contributed by atoms with Gasteiger partial charge < -0.3 is 5.73 Å². The third kappa shape index (κ3) is 1.41. The second-order valence-corrected chi connectivity index (χ2v) is 4.37. The van der Waals surface area contributed by atoms with Crippen LogP contribution in [0.1, 0.15) is 30.7 Å². The highest BCUT2D eigenvalue weighted by atomic mass is 32.1. The monoisotopic (exact) mass is 181 g/mol. The smallest absolute Gasteiger partial charge is 0.00430 e. The predicted octanol–water partition coefficient (Wildman–Crippen LogP) is 2.59. The van der Waals surface area contributed by atoms with E-state index < -0.39 is 0 Å². The molecule has 66 valence electrons. The van der Waals surface area contributed by atoms with Crippen LogP contribution in [-0.4, -0.2) is 6.54 Å². The Morgan fingerprint density at radius 1 is 1.50 bits per heavy atom. The minimum Gasteiger partial charge on any atom is -0.330 e. The summed E-state index contributed by atoms with van der Waals surface area (Å²) < 4.78 is 0. The molecule has 0 aromatic carbocycles. The van der Waals surface area contributed by atoms with E-state index in [1.165, 1.54) is 24.8 Å². The van der Waals surface area contributed by atoms with Crippen molar-refractivity contribution in [2.45, 2.75) is 25.2 Å². The van der Waals surface area contributed by atoms with Crippen LogP contribution in [0.3, 0.4) is 0 Å². The number of hydrogen-bond acceptors (Lipinski definition) is 2. The molecule has 2 heteroatoms. The van der Waals surface area contributed by atoms with Gasteiger partial charge in [0.1, 0.15) is 0 Å². The van der Waals surface area contributed by atoms with E-state index in [2.05, 4.69) is 16.8 Å². The Morgan fingerprint density at radius 3 is 3.08 bits per heavy atom. The van der Waals surface area contributed by atoms with Gasteiger partial charge in [0.15, 0.2) is 0 Å². The van der Waals surface area contributed by atoms with Gasteiger partial charge in [-0.25, -0.2) is 0 Å². The maximum Gasteiger partial charge on any atom is -0.00430 e. The molecule has 0 bridgehead atoms. The molecule has 0 spiro atoms. The van der Waals surface area contributed by atoms with Crippen LogP contribution in [0.4, 0.5) is 0 Å². The minimum atomic E-state index is 0.750. The molecule has 1 heterocycles. The van der Waals surface area contributed by atoms with E-state index in [0.29, 0.717) is 0 Å². The van der Waals surface area contributed by atoms with E-state index in [-0.39, 0.29) is 0 Å². The van der Waals surface area contributed by atoms with Gasteiger partial charge in [-0.3, -0.25) is 0 Å². The molecule has 1 saturated carbocycles. The Balaban J connectivity index is 2.13. The largest absolute Gasteiger partial charge is 0.330 e. The van der Waals surface area contributed by atoms with Crippen molar-refractivity contribution in [3.8, 4) is 0 Å². The quantitative estimate of drug-likeness (QED) is 0.745. The normalized spacial score (nSPS) is 29.4. The zero-order chi connectivity index (χ0) is 8.39. The summed E-state index contributed by atoms with van der Waals surface area (Å²) in [6.45, 7) is 0.862. The summed E-state index contributed by atoms with van der Waals surface area (Å²) in [5.41, 5.74) is 7.25. The molecule has 0 saturated heterocycles. The maximum absolute atomic E-state index is 5.73. The van der Waals surface area contributed by atoms with E-state index in [4.69, 9.17) is 5.73 Å². The van der Waals surface area contributed by atoms with Crippen molar-refractivity contribution in [3.63, 3.8) is 0 Å². The van der Waals surface area contributed by atoms with Crippen molar-refractivity contribution in [2.75, 3.05) is 6.54 Å². The highest BCUT2D eigenvalue weighted by Gasteiger charge is 2.27. The molecule has 2 rings (SSSR count). The van der Waals surface area contributed by atoms with Gasteiger partial charge in [-0.2, -0.15) is 11.3 Å². The van der Waals surface area contributed by atoms with E-state index in [1.54, 1.807) is 11.3 Å². The lowest BCUT2D eigenvalue weighted by molar-refractivity contribution is 0.497. The Morgan fingerprint density at radius 2 is 2.42 bits per heavy atom. The van der Waals surface area contributed by atoms with Crippen LogP contribution in [0.25, 0.3) is 0 Å². The molecule has 1 aromatic rings. The Hall–Kier alpha value is -0.340. The van der Waals surface area contributed by atoms with E-state index in [1.807, 2.05) is 0 Å². The first-order chi connectivity index (χ1) is 5.92. The van der Waals surface area contributed by atoms with Crippen LogP contribution >= 0.6 is 11.3 Å². The van der Waals surface area contributed by atoms with Gasteiger partial charge in [-0.15, -0.1) is 0 Å². The molecule has 2 unspecified atom stereocenters. The fraction of sp³-hybridized carbons (Fsp3) is 0.600. The summed E-state index contributed by atoms with van der Waals surface area (Å²) >= 11 is 1.80. The Labute approximate surface area is 77.6 Å². The Kier molecular flexibility index (Phi) is 2.47. The topological polar surface area (TPSA) is 26.0 Å². The van der Waals surface area contributed by atoms with Crippen LogP contribution in [0, 0.1) is 5.92 Å². The Bertz CT molecular complexity index is 230. The van der Waals surface area contributed by atoms with Crippen LogP contribution in [0.2, 0.25) is 0 Å². The first-order valence-electron chi connectivity index (χ1n) is 4.64. The van der Waals surface area contributed by atoms with Crippen molar-refractivity contribution in [2.24, 2.45) is 11.7 Å². The second kappa shape index (κ2) is 3.58. The standard InChI is InChI=1S/C10H15NS/c11-6-8-2-1-3-10(8)9-4-5-12-7-9/h4-5,7-8,10H,1-3,6,11H2. The van der Waals surface area contributed by atoms with Gasteiger partial charge in [-0.1, -0.05) is 6.42 Å². The van der Waals surface area contributed by atoms with Crippen molar-refractivity contribution in [3.05, 3.63) is 22.4 Å². The molecule has 12 heavy (non-hydrogen) atoms. The first kappa shape index (κ1) is 8.27. The number of thiophene rings is 1.